The molecule has 38 heavy (non-hydrogen) atoms. The number of ether oxygens (including phenoxy) is 2. The highest BCUT2D eigenvalue weighted by atomic mass is 19.1. The van der Waals surface area contributed by atoms with E-state index >= 15 is 4.39 Å². The molecule has 1 aliphatic rings. The van der Waals surface area contributed by atoms with Crippen LogP contribution < -0.4 is 10.4 Å². The molecule has 1 aromatic carbocycles. The van der Waals surface area contributed by atoms with Gasteiger partial charge in [-0.3, -0.25) is 14.1 Å². The van der Waals surface area contributed by atoms with Gasteiger partial charge in [-0.1, -0.05) is 51.5 Å². The maximum Gasteiger partial charge on any atom is 0.329 e. The van der Waals surface area contributed by atoms with Gasteiger partial charge in [0, 0.05) is 30.7 Å². The Morgan fingerprint density at radius 3 is 2.68 bits per heavy atom. The summed E-state index contributed by atoms with van der Waals surface area (Å²) < 4.78 is 30.0. The zero-order chi connectivity index (χ0) is 26.5. The number of imidazole rings is 1. The molecular weight excluding hydrogens is 483 g/mol. The molecule has 1 saturated heterocycles. The van der Waals surface area contributed by atoms with Gasteiger partial charge >= 0.3 is 5.69 Å². The van der Waals surface area contributed by atoms with Gasteiger partial charge in [-0.15, -0.1) is 0 Å². The predicted octanol–water partition coefficient (Wildman–Crippen LogP) is 6.57. The quantitative estimate of drug-likeness (QED) is 0.165. The van der Waals surface area contributed by atoms with E-state index in [4.69, 9.17) is 9.47 Å². The van der Waals surface area contributed by atoms with E-state index in [0.29, 0.717) is 36.8 Å². The Bertz CT molecular complexity index is 1460. The fourth-order valence-electron chi connectivity index (χ4n) is 5.41. The van der Waals surface area contributed by atoms with Crippen LogP contribution in [0.1, 0.15) is 70.8 Å². The molecule has 8 heteroatoms. The van der Waals surface area contributed by atoms with Crippen molar-refractivity contribution < 1.29 is 13.9 Å². The lowest BCUT2D eigenvalue weighted by Gasteiger charge is -2.23. The minimum absolute atomic E-state index is 0.0413. The van der Waals surface area contributed by atoms with Crippen LogP contribution in [0, 0.1) is 5.95 Å². The second-order valence-electron chi connectivity index (χ2n) is 10.3. The van der Waals surface area contributed by atoms with Crippen molar-refractivity contribution >= 4 is 21.9 Å². The van der Waals surface area contributed by atoms with E-state index in [1.54, 1.807) is 29.9 Å². The van der Waals surface area contributed by atoms with Crippen molar-refractivity contribution in [1.82, 2.24) is 19.1 Å². The molecule has 1 unspecified atom stereocenters. The van der Waals surface area contributed by atoms with Crippen molar-refractivity contribution in [1.29, 1.82) is 0 Å². The number of hydrogen-bond acceptors (Lipinski definition) is 5. The van der Waals surface area contributed by atoms with Crippen LogP contribution in [0.4, 0.5) is 4.39 Å². The number of hydrogen-bond donors (Lipinski definition) is 0. The van der Waals surface area contributed by atoms with Crippen molar-refractivity contribution in [2.24, 2.45) is 7.05 Å². The standard InChI is InChI=1S/C30H37FN4O3/c1-3-4-5-6-7-8-9-17-38-27-15-13-23(29(31)33-27)21-12-14-25-24(18-21)28-26(19-32-25)34(2)30(36)35(28)22-11-10-16-37-20-22/h12-15,18-19,22H,3-11,16-17,20H2,1-2H3. The Morgan fingerprint density at radius 1 is 1.11 bits per heavy atom. The molecule has 7 nitrogen and oxygen atoms in total. The smallest absolute Gasteiger partial charge is 0.329 e. The minimum atomic E-state index is -0.576. The van der Waals surface area contributed by atoms with Gasteiger partial charge in [-0.2, -0.15) is 9.37 Å². The number of pyridine rings is 2. The summed E-state index contributed by atoms with van der Waals surface area (Å²) in [5.74, 6) is -0.274. The van der Waals surface area contributed by atoms with Gasteiger partial charge in [-0.25, -0.2) is 4.79 Å². The Balaban J connectivity index is 1.38. The van der Waals surface area contributed by atoms with Crippen molar-refractivity contribution in [3.8, 4) is 17.0 Å². The lowest BCUT2D eigenvalue weighted by atomic mass is 10.0. The second kappa shape index (κ2) is 12.1. The fraction of sp³-hybridized carbons (Fsp3) is 0.500. The highest BCUT2D eigenvalue weighted by Crippen LogP contribution is 2.32. The van der Waals surface area contributed by atoms with E-state index in [1.807, 2.05) is 22.8 Å². The van der Waals surface area contributed by atoms with Gasteiger partial charge < -0.3 is 9.47 Å². The summed E-state index contributed by atoms with van der Waals surface area (Å²) in [6, 6.07) is 9.01. The maximum atomic E-state index is 15.2. The van der Waals surface area contributed by atoms with Crippen molar-refractivity contribution in [3.63, 3.8) is 0 Å². The molecule has 4 aromatic rings. The predicted molar refractivity (Wildman–Crippen MR) is 148 cm³/mol. The number of aryl methyl sites for hydroxylation is 1. The highest BCUT2D eigenvalue weighted by molar-refractivity contribution is 6.04. The molecule has 202 valence electrons. The fourth-order valence-corrected chi connectivity index (χ4v) is 5.41. The molecule has 0 saturated carbocycles. The first kappa shape index (κ1) is 26.4. The summed E-state index contributed by atoms with van der Waals surface area (Å²) in [6.07, 6.45) is 11.9. The van der Waals surface area contributed by atoms with Crippen LogP contribution in [0.15, 0.2) is 41.3 Å². The van der Waals surface area contributed by atoms with Gasteiger partial charge in [0.15, 0.2) is 0 Å². The van der Waals surface area contributed by atoms with E-state index in [1.165, 1.54) is 32.1 Å². The molecule has 0 amide bonds. The number of nitrogens with zero attached hydrogens (tertiary/aromatic N) is 4. The van der Waals surface area contributed by atoms with Gasteiger partial charge in [0.25, 0.3) is 0 Å². The number of halogens is 1. The van der Waals surface area contributed by atoms with E-state index in [2.05, 4.69) is 16.9 Å². The third kappa shape index (κ3) is 5.46. The monoisotopic (exact) mass is 520 g/mol. The largest absolute Gasteiger partial charge is 0.478 e. The van der Waals surface area contributed by atoms with Gasteiger partial charge in [0.05, 0.1) is 42.0 Å². The van der Waals surface area contributed by atoms with E-state index in [-0.39, 0.29) is 11.7 Å². The van der Waals surface area contributed by atoms with Crippen LogP contribution in [-0.4, -0.2) is 38.9 Å². The maximum absolute atomic E-state index is 15.2. The molecule has 1 fully saturated rings. The zero-order valence-electron chi connectivity index (χ0n) is 22.4. The average Bonchev–Trinajstić information content (AvgIpc) is 3.20. The number of rotatable bonds is 11. The van der Waals surface area contributed by atoms with Crippen LogP contribution in [0.25, 0.3) is 33.1 Å². The summed E-state index contributed by atoms with van der Waals surface area (Å²) in [4.78, 5) is 21.9. The number of aromatic nitrogens is 4. The highest BCUT2D eigenvalue weighted by Gasteiger charge is 2.24. The van der Waals surface area contributed by atoms with Crippen LogP contribution in [0.5, 0.6) is 5.88 Å². The summed E-state index contributed by atoms with van der Waals surface area (Å²) in [5.41, 5.74) is 3.28. The minimum Gasteiger partial charge on any atom is -0.478 e. The molecular formula is C30H37FN4O3. The topological polar surface area (TPSA) is 71.2 Å². The molecule has 0 N–H and O–H groups in total. The molecule has 1 aliphatic heterocycles. The molecule has 0 aliphatic carbocycles. The molecule has 3 aromatic heterocycles. The first-order valence-corrected chi connectivity index (χ1v) is 14.0. The summed E-state index contributed by atoms with van der Waals surface area (Å²) in [6.45, 7) is 3.97. The van der Waals surface area contributed by atoms with Crippen molar-refractivity contribution in [2.45, 2.75) is 70.8 Å². The second-order valence-corrected chi connectivity index (χ2v) is 10.3. The Hall–Kier alpha value is -3.26. The molecule has 0 bridgehead atoms. The molecule has 0 spiro atoms. The summed E-state index contributed by atoms with van der Waals surface area (Å²) in [7, 11) is 1.76. The number of benzene rings is 1. The third-order valence-electron chi connectivity index (χ3n) is 7.55. The Labute approximate surface area is 222 Å². The van der Waals surface area contributed by atoms with Gasteiger partial charge in [0.2, 0.25) is 11.8 Å². The lowest BCUT2D eigenvalue weighted by Crippen LogP contribution is -2.31. The molecule has 5 rings (SSSR count). The Kier molecular flexibility index (Phi) is 8.37. The molecule has 0 radical (unpaired) electrons. The zero-order valence-corrected chi connectivity index (χ0v) is 22.4. The third-order valence-corrected chi connectivity index (χ3v) is 7.55. The number of unbranched alkanes of at least 4 members (excludes halogenated alkanes) is 6. The number of fused-ring (bicyclic) bond motifs is 3. The van der Waals surface area contributed by atoms with Crippen LogP contribution in [0.3, 0.4) is 0 Å². The Morgan fingerprint density at radius 2 is 1.92 bits per heavy atom. The summed E-state index contributed by atoms with van der Waals surface area (Å²) in [5, 5.41) is 0.807. The van der Waals surface area contributed by atoms with Gasteiger partial charge in [0.1, 0.15) is 0 Å². The van der Waals surface area contributed by atoms with Crippen LogP contribution >= 0.6 is 0 Å². The lowest BCUT2D eigenvalue weighted by molar-refractivity contribution is 0.0593. The van der Waals surface area contributed by atoms with Crippen LogP contribution in [0.2, 0.25) is 0 Å². The first-order valence-electron chi connectivity index (χ1n) is 14.0. The van der Waals surface area contributed by atoms with Crippen LogP contribution in [-0.2, 0) is 11.8 Å². The van der Waals surface area contributed by atoms with Crippen molar-refractivity contribution in [3.05, 3.63) is 53.0 Å². The average molecular weight is 521 g/mol. The first-order chi connectivity index (χ1) is 18.6. The van der Waals surface area contributed by atoms with E-state index in [0.717, 1.165) is 47.6 Å². The molecule has 4 heterocycles. The van der Waals surface area contributed by atoms with E-state index < -0.39 is 5.95 Å². The molecule has 1 atom stereocenters. The van der Waals surface area contributed by atoms with Gasteiger partial charge in [-0.05, 0) is 43.0 Å². The van der Waals surface area contributed by atoms with Crippen molar-refractivity contribution in [2.75, 3.05) is 19.8 Å². The SMILES string of the molecule is CCCCCCCCCOc1ccc(-c2ccc3ncc4c(c3c2)n(C2CCCOC2)c(=O)n4C)c(F)n1. The normalized spacial score (nSPS) is 15.9. The summed E-state index contributed by atoms with van der Waals surface area (Å²) >= 11 is 0. The van der Waals surface area contributed by atoms with E-state index in [9.17, 15) is 4.79 Å².